The number of halogens is 1. The highest BCUT2D eigenvalue weighted by Gasteiger charge is 2.11. The Balaban J connectivity index is 2.03. The molecule has 3 aromatic rings. The Morgan fingerprint density at radius 2 is 2.00 bits per heavy atom. The van der Waals surface area contributed by atoms with Gasteiger partial charge in [0.1, 0.15) is 23.8 Å². The van der Waals surface area contributed by atoms with Crippen LogP contribution < -0.4 is 10.7 Å². The molecule has 1 aromatic heterocycles. The van der Waals surface area contributed by atoms with Gasteiger partial charge in [0.05, 0.1) is 10.9 Å². The highest BCUT2D eigenvalue weighted by atomic mass is 19.1. The molecule has 3 rings (SSSR count). The van der Waals surface area contributed by atoms with E-state index in [9.17, 15) is 14.0 Å². The number of hydrogen-bond donors (Lipinski definition) is 1. The molecule has 0 aliphatic carbocycles. The number of ether oxygens (including phenoxy) is 1. The first-order valence-electron chi connectivity index (χ1n) is 7.20. The Hall–Kier alpha value is -2.99. The third-order valence-electron chi connectivity index (χ3n) is 3.43. The van der Waals surface area contributed by atoms with Crippen LogP contribution in [-0.2, 0) is 9.53 Å². The van der Waals surface area contributed by atoms with Crippen LogP contribution in [0, 0.1) is 5.82 Å². The summed E-state index contributed by atoms with van der Waals surface area (Å²) in [4.78, 5) is 23.9. The average Bonchev–Trinajstić information content (AvgIpc) is 2.56. The van der Waals surface area contributed by atoms with Gasteiger partial charge in [0, 0.05) is 18.9 Å². The first kappa shape index (κ1) is 15.9. The van der Waals surface area contributed by atoms with Crippen molar-refractivity contribution >= 4 is 22.6 Å². The minimum Gasteiger partial charge on any atom is -0.456 e. The Labute approximate surface area is 136 Å². The van der Waals surface area contributed by atoms with Crippen LogP contribution in [0.3, 0.4) is 0 Å². The van der Waals surface area contributed by atoms with Gasteiger partial charge in [0.25, 0.3) is 0 Å². The van der Waals surface area contributed by atoms with E-state index >= 15 is 0 Å². The quantitative estimate of drug-likeness (QED) is 0.799. The fourth-order valence-electron chi connectivity index (χ4n) is 2.36. The Kier molecular flexibility index (Phi) is 4.39. The highest BCUT2D eigenvalue weighted by molar-refractivity contribution is 5.94. The second-order valence-corrected chi connectivity index (χ2v) is 5.15. The number of hydrogen-bond acceptors (Lipinski definition) is 4. The number of anilines is 1. The van der Waals surface area contributed by atoms with Crippen LogP contribution in [0.1, 0.15) is 0 Å². The van der Waals surface area contributed by atoms with Gasteiger partial charge in [-0.2, -0.15) is 0 Å². The molecule has 0 unspecified atom stereocenters. The first-order chi connectivity index (χ1) is 11.6. The predicted octanol–water partition coefficient (Wildman–Crippen LogP) is 3.18. The average molecular weight is 327 g/mol. The molecule has 0 atom stereocenters. The number of rotatable bonds is 4. The topological polar surface area (TPSA) is 68.5 Å². The molecule has 2 aromatic carbocycles. The molecule has 122 valence electrons. The molecule has 1 heterocycles. The number of amides is 1. The Morgan fingerprint density at radius 1 is 1.21 bits per heavy atom. The molecule has 0 saturated carbocycles. The molecule has 0 aliphatic rings. The standard InChI is InChI=1S/C18H14FNO4/c1-23-10-18(22)20-11-6-7-16-13(8-11)15(21)9-17(24-16)12-4-2-3-5-14(12)19/h2-9H,10H2,1H3,(H,20,22). The lowest BCUT2D eigenvalue weighted by Crippen LogP contribution is -2.17. The van der Waals surface area contributed by atoms with Gasteiger partial charge in [-0.3, -0.25) is 9.59 Å². The van der Waals surface area contributed by atoms with Crippen molar-refractivity contribution in [3.63, 3.8) is 0 Å². The van der Waals surface area contributed by atoms with Crippen molar-refractivity contribution in [2.45, 2.75) is 0 Å². The van der Waals surface area contributed by atoms with E-state index in [0.717, 1.165) is 0 Å². The van der Waals surface area contributed by atoms with Crippen molar-refractivity contribution in [3.8, 4) is 11.3 Å². The van der Waals surface area contributed by atoms with Gasteiger partial charge in [-0.15, -0.1) is 0 Å². The van der Waals surface area contributed by atoms with Crippen molar-refractivity contribution < 1.29 is 18.3 Å². The van der Waals surface area contributed by atoms with Gasteiger partial charge in [0.2, 0.25) is 5.91 Å². The van der Waals surface area contributed by atoms with Crippen molar-refractivity contribution in [2.24, 2.45) is 0 Å². The molecule has 5 nitrogen and oxygen atoms in total. The third-order valence-corrected chi connectivity index (χ3v) is 3.43. The number of carbonyl (C=O) groups excluding carboxylic acids is 1. The second-order valence-electron chi connectivity index (χ2n) is 5.15. The fraction of sp³-hybridized carbons (Fsp3) is 0.111. The largest absolute Gasteiger partial charge is 0.456 e. The minimum atomic E-state index is -0.469. The molecular formula is C18H14FNO4. The molecular weight excluding hydrogens is 313 g/mol. The summed E-state index contributed by atoms with van der Waals surface area (Å²) in [6.07, 6.45) is 0. The van der Waals surface area contributed by atoms with Crippen LogP contribution in [-0.4, -0.2) is 19.6 Å². The maximum Gasteiger partial charge on any atom is 0.250 e. The lowest BCUT2D eigenvalue weighted by atomic mass is 10.1. The molecule has 0 radical (unpaired) electrons. The van der Waals surface area contributed by atoms with E-state index in [-0.39, 0.29) is 29.3 Å². The molecule has 0 fully saturated rings. The van der Waals surface area contributed by atoms with Crippen LogP contribution in [0.2, 0.25) is 0 Å². The summed E-state index contributed by atoms with van der Waals surface area (Å²) in [6, 6.07) is 12.0. The van der Waals surface area contributed by atoms with Crippen molar-refractivity contribution in [3.05, 3.63) is 64.6 Å². The zero-order valence-electron chi connectivity index (χ0n) is 12.8. The SMILES string of the molecule is COCC(=O)Nc1ccc2oc(-c3ccccc3F)cc(=O)c2c1. The normalized spacial score (nSPS) is 10.8. The van der Waals surface area contributed by atoms with E-state index in [4.69, 9.17) is 9.15 Å². The molecule has 0 aliphatic heterocycles. The molecule has 6 heteroatoms. The van der Waals surface area contributed by atoms with Crippen LogP contribution in [0.4, 0.5) is 10.1 Å². The van der Waals surface area contributed by atoms with Gasteiger partial charge in [-0.1, -0.05) is 12.1 Å². The summed E-state index contributed by atoms with van der Waals surface area (Å²) in [5, 5.41) is 2.91. The van der Waals surface area contributed by atoms with E-state index in [0.29, 0.717) is 16.7 Å². The lowest BCUT2D eigenvalue weighted by molar-refractivity contribution is -0.119. The van der Waals surface area contributed by atoms with Gasteiger partial charge < -0.3 is 14.5 Å². The number of carbonyl (C=O) groups is 1. The summed E-state index contributed by atoms with van der Waals surface area (Å²) in [5.74, 6) is -0.644. The zero-order chi connectivity index (χ0) is 17.1. The van der Waals surface area contributed by atoms with E-state index in [1.165, 1.54) is 25.3 Å². The summed E-state index contributed by atoms with van der Waals surface area (Å²) < 4.78 is 24.2. The molecule has 24 heavy (non-hydrogen) atoms. The van der Waals surface area contributed by atoms with Gasteiger partial charge >= 0.3 is 0 Å². The summed E-state index contributed by atoms with van der Waals surface area (Å²) in [6.45, 7) is -0.0845. The molecule has 0 bridgehead atoms. The maximum absolute atomic E-state index is 13.9. The zero-order valence-corrected chi connectivity index (χ0v) is 12.8. The Morgan fingerprint density at radius 3 is 2.75 bits per heavy atom. The summed E-state index contributed by atoms with van der Waals surface area (Å²) >= 11 is 0. The maximum atomic E-state index is 13.9. The second kappa shape index (κ2) is 6.64. The smallest absolute Gasteiger partial charge is 0.250 e. The van der Waals surface area contributed by atoms with Crippen molar-refractivity contribution in [2.75, 3.05) is 19.0 Å². The minimum absolute atomic E-state index is 0.0845. The Bertz CT molecular complexity index is 965. The van der Waals surface area contributed by atoms with Crippen LogP contribution in [0.5, 0.6) is 0 Å². The van der Waals surface area contributed by atoms with Crippen molar-refractivity contribution in [1.82, 2.24) is 0 Å². The van der Waals surface area contributed by atoms with E-state index in [1.54, 1.807) is 30.3 Å². The summed E-state index contributed by atoms with van der Waals surface area (Å²) in [7, 11) is 1.42. The monoisotopic (exact) mass is 327 g/mol. The first-order valence-corrected chi connectivity index (χ1v) is 7.20. The molecule has 0 saturated heterocycles. The van der Waals surface area contributed by atoms with Gasteiger partial charge in [-0.25, -0.2) is 4.39 Å². The molecule has 1 N–H and O–H groups in total. The number of fused-ring (bicyclic) bond motifs is 1. The number of nitrogens with one attached hydrogen (secondary N) is 1. The van der Waals surface area contributed by atoms with Gasteiger partial charge in [-0.05, 0) is 30.3 Å². The predicted molar refractivity (Wildman–Crippen MR) is 88.4 cm³/mol. The van der Waals surface area contributed by atoms with Crippen LogP contribution >= 0.6 is 0 Å². The molecule has 1 amide bonds. The lowest BCUT2D eigenvalue weighted by Gasteiger charge is -2.07. The van der Waals surface area contributed by atoms with Crippen molar-refractivity contribution in [1.29, 1.82) is 0 Å². The van der Waals surface area contributed by atoms with Crippen LogP contribution in [0.25, 0.3) is 22.3 Å². The third kappa shape index (κ3) is 3.18. The van der Waals surface area contributed by atoms with E-state index in [1.807, 2.05) is 0 Å². The number of benzene rings is 2. The number of methoxy groups -OCH3 is 1. The highest BCUT2D eigenvalue weighted by Crippen LogP contribution is 2.25. The van der Waals surface area contributed by atoms with E-state index < -0.39 is 5.82 Å². The van der Waals surface area contributed by atoms with E-state index in [2.05, 4.69) is 5.32 Å². The summed E-state index contributed by atoms with van der Waals surface area (Å²) in [5.41, 5.74) is 0.660. The van der Waals surface area contributed by atoms with Crippen LogP contribution in [0.15, 0.2) is 57.7 Å². The fourth-order valence-corrected chi connectivity index (χ4v) is 2.36. The van der Waals surface area contributed by atoms with Gasteiger partial charge in [0.15, 0.2) is 5.43 Å². The molecule has 0 spiro atoms.